The minimum absolute atomic E-state index is 0.0794. The molecule has 0 heterocycles. The maximum Gasteiger partial charge on any atom is 0.184 e. The fraction of sp³-hybridized carbons (Fsp3) is 0.429. The Hall–Kier alpha value is -1.69. The van der Waals surface area contributed by atoms with Crippen molar-refractivity contribution in [3.63, 3.8) is 0 Å². The van der Waals surface area contributed by atoms with E-state index in [-0.39, 0.29) is 16.7 Å². The summed E-state index contributed by atoms with van der Waals surface area (Å²) in [5, 5.41) is 3.89. The number of ether oxygens (including phenoxy) is 1. The van der Waals surface area contributed by atoms with Crippen molar-refractivity contribution < 1.29 is 9.13 Å². The molecule has 1 aromatic carbocycles. The summed E-state index contributed by atoms with van der Waals surface area (Å²) in [6.45, 7) is 2.66. The Morgan fingerprint density at radius 2 is 2.25 bits per heavy atom. The molecule has 0 unspecified atom stereocenters. The first-order valence-electron chi connectivity index (χ1n) is 6.64. The molecule has 4 nitrogen and oxygen atoms in total. The van der Waals surface area contributed by atoms with Gasteiger partial charge >= 0.3 is 0 Å². The third-order valence-electron chi connectivity index (χ3n) is 2.60. The van der Waals surface area contributed by atoms with E-state index < -0.39 is 0 Å². The van der Waals surface area contributed by atoms with Gasteiger partial charge in [-0.1, -0.05) is 32.3 Å². The molecule has 0 fully saturated rings. The highest BCUT2D eigenvalue weighted by molar-refractivity contribution is 7.80. The van der Waals surface area contributed by atoms with E-state index in [4.69, 9.17) is 10.5 Å². The van der Waals surface area contributed by atoms with Crippen LogP contribution in [-0.2, 0) is 0 Å². The van der Waals surface area contributed by atoms with Crippen LogP contribution < -0.4 is 15.9 Å². The van der Waals surface area contributed by atoms with Crippen molar-refractivity contribution in [2.24, 2.45) is 10.8 Å². The first-order valence-corrected chi connectivity index (χ1v) is 7.05. The van der Waals surface area contributed by atoms with Crippen molar-refractivity contribution in [1.82, 2.24) is 5.43 Å². The highest BCUT2D eigenvalue weighted by Crippen LogP contribution is 2.18. The average Bonchev–Trinajstić information content (AvgIpc) is 2.41. The zero-order valence-corrected chi connectivity index (χ0v) is 12.4. The Morgan fingerprint density at radius 1 is 1.45 bits per heavy atom. The van der Waals surface area contributed by atoms with Crippen molar-refractivity contribution in [3.05, 3.63) is 29.6 Å². The lowest BCUT2D eigenvalue weighted by Crippen LogP contribution is -2.23. The molecule has 0 bridgehead atoms. The summed E-state index contributed by atoms with van der Waals surface area (Å²) in [5.41, 5.74) is 8.38. The molecule has 110 valence electrons. The van der Waals surface area contributed by atoms with Gasteiger partial charge in [-0.15, -0.1) is 0 Å². The van der Waals surface area contributed by atoms with Crippen LogP contribution in [0.4, 0.5) is 4.39 Å². The molecule has 1 aromatic rings. The molecule has 6 heteroatoms. The Balaban J connectivity index is 2.53. The lowest BCUT2D eigenvalue weighted by atomic mass is 10.2. The number of hydrogen-bond acceptors (Lipinski definition) is 3. The third-order valence-corrected chi connectivity index (χ3v) is 2.69. The Bertz CT molecular complexity index is 466. The van der Waals surface area contributed by atoms with E-state index in [0.717, 1.165) is 19.3 Å². The Morgan fingerprint density at radius 3 is 2.95 bits per heavy atom. The van der Waals surface area contributed by atoms with Gasteiger partial charge in [0.15, 0.2) is 16.7 Å². The van der Waals surface area contributed by atoms with Gasteiger partial charge in [0, 0.05) is 0 Å². The zero-order valence-electron chi connectivity index (χ0n) is 11.6. The van der Waals surface area contributed by atoms with Crippen LogP contribution in [-0.4, -0.2) is 17.9 Å². The van der Waals surface area contributed by atoms with Gasteiger partial charge in [-0.2, -0.15) is 5.10 Å². The van der Waals surface area contributed by atoms with E-state index in [1.807, 2.05) is 0 Å². The van der Waals surface area contributed by atoms with Crippen LogP contribution in [0.5, 0.6) is 5.75 Å². The van der Waals surface area contributed by atoms with Crippen LogP contribution in [0, 0.1) is 5.82 Å². The topological polar surface area (TPSA) is 59.6 Å². The van der Waals surface area contributed by atoms with Crippen molar-refractivity contribution in [2.75, 3.05) is 6.61 Å². The normalized spacial score (nSPS) is 10.7. The van der Waals surface area contributed by atoms with Gasteiger partial charge in [-0.05, 0) is 36.3 Å². The lowest BCUT2D eigenvalue weighted by molar-refractivity contribution is 0.290. The zero-order chi connectivity index (χ0) is 14.8. The summed E-state index contributed by atoms with van der Waals surface area (Å²) < 4.78 is 19.0. The second kappa shape index (κ2) is 9.25. The molecule has 0 radical (unpaired) electrons. The number of nitrogens with two attached hydrogens (primary N) is 1. The first kappa shape index (κ1) is 16.4. The van der Waals surface area contributed by atoms with Crippen LogP contribution in [0.3, 0.4) is 0 Å². The van der Waals surface area contributed by atoms with Gasteiger partial charge in [0.05, 0.1) is 12.8 Å². The number of thiocarbonyl (C=S) groups is 1. The number of unbranched alkanes of at least 4 members (excludes halogenated alkanes) is 3. The monoisotopic (exact) mass is 297 g/mol. The number of halogens is 1. The molecule has 0 amide bonds. The third kappa shape index (κ3) is 6.47. The quantitative estimate of drug-likeness (QED) is 0.335. The number of hydrogen-bond donors (Lipinski definition) is 2. The number of benzene rings is 1. The number of nitrogens with one attached hydrogen (secondary N) is 1. The number of nitrogens with zero attached hydrogens (tertiary/aromatic N) is 1. The summed E-state index contributed by atoms with van der Waals surface area (Å²) in [6, 6.07) is 4.55. The molecule has 0 saturated heterocycles. The highest BCUT2D eigenvalue weighted by atomic mass is 32.1. The highest BCUT2D eigenvalue weighted by Gasteiger charge is 2.04. The molecular formula is C14H20FN3OS. The minimum atomic E-state index is -0.375. The molecule has 0 spiro atoms. The summed E-state index contributed by atoms with van der Waals surface area (Å²) in [6.07, 6.45) is 5.85. The summed E-state index contributed by atoms with van der Waals surface area (Å²) in [4.78, 5) is 0. The lowest BCUT2D eigenvalue weighted by Gasteiger charge is -2.07. The van der Waals surface area contributed by atoms with Crippen LogP contribution in [0.25, 0.3) is 0 Å². The predicted octanol–water partition coefficient (Wildman–Crippen LogP) is 2.95. The summed E-state index contributed by atoms with van der Waals surface area (Å²) >= 11 is 4.62. The number of rotatable bonds is 8. The number of hydrazone groups is 1. The molecule has 0 saturated carbocycles. The Kier molecular flexibility index (Phi) is 7.57. The van der Waals surface area contributed by atoms with Crippen molar-refractivity contribution in [2.45, 2.75) is 32.6 Å². The van der Waals surface area contributed by atoms with Gasteiger partial charge in [-0.3, -0.25) is 5.43 Å². The molecule has 0 aliphatic carbocycles. The van der Waals surface area contributed by atoms with E-state index in [2.05, 4.69) is 29.7 Å². The Labute approximate surface area is 124 Å². The largest absolute Gasteiger partial charge is 0.490 e. The van der Waals surface area contributed by atoms with Gasteiger partial charge in [0.2, 0.25) is 0 Å². The fourth-order valence-electron chi connectivity index (χ4n) is 1.59. The van der Waals surface area contributed by atoms with Crippen LogP contribution in [0.2, 0.25) is 0 Å². The van der Waals surface area contributed by atoms with E-state index in [0.29, 0.717) is 12.2 Å². The van der Waals surface area contributed by atoms with E-state index in [9.17, 15) is 4.39 Å². The molecular weight excluding hydrogens is 277 g/mol. The summed E-state index contributed by atoms with van der Waals surface area (Å²) in [5.74, 6) is -0.138. The maximum atomic E-state index is 13.6. The molecule has 3 N–H and O–H groups in total. The first-order chi connectivity index (χ1) is 9.63. The van der Waals surface area contributed by atoms with Crippen molar-refractivity contribution >= 4 is 23.5 Å². The standard InChI is InChI=1S/C14H20FN3OS/c1-2-3-4-5-8-19-13-9-11(6-7-12(13)15)10-17-18-14(16)20/h6-7,9-10H,2-5,8H2,1H3,(H3,16,18,20). The predicted molar refractivity (Wildman–Crippen MR) is 83.6 cm³/mol. The molecule has 0 aliphatic heterocycles. The second-order valence-corrected chi connectivity index (χ2v) is 4.77. The molecule has 1 rings (SSSR count). The van der Waals surface area contributed by atoms with E-state index in [1.165, 1.54) is 18.7 Å². The summed E-state index contributed by atoms with van der Waals surface area (Å²) in [7, 11) is 0. The maximum absolute atomic E-state index is 13.6. The van der Waals surface area contributed by atoms with E-state index >= 15 is 0 Å². The van der Waals surface area contributed by atoms with Gasteiger partial charge < -0.3 is 10.5 Å². The van der Waals surface area contributed by atoms with Gasteiger partial charge in [0.1, 0.15) is 0 Å². The second-order valence-electron chi connectivity index (χ2n) is 4.33. The van der Waals surface area contributed by atoms with Crippen LogP contribution >= 0.6 is 12.2 Å². The van der Waals surface area contributed by atoms with Crippen molar-refractivity contribution in [1.29, 1.82) is 0 Å². The smallest absolute Gasteiger partial charge is 0.184 e. The van der Waals surface area contributed by atoms with Crippen LogP contribution in [0.1, 0.15) is 38.2 Å². The van der Waals surface area contributed by atoms with Crippen molar-refractivity contribution in [3.8, 4) is 5.75 Å². The molecule has 20 heavy (non-hydrogen) atoms. The average molecular weight is 297 g/mol. The van der Waals surface area contributed by atoms with Crippen LogP contribution in [0.15, 0.2) is 23.3 Å². The minimum Gasteiger partial charge on any atom is -0.490 e. The van der Waals surface area contributed by atoms with Gasteiger partial charge in [-0.25, -0.2) is 4.39 Å². The molecule has 0 aromatic heterocycles. The van der Waals surface area contributed by atoms with E-state index in [1.54, 1.807) is 12.1 Å². The molecule has 0 aliphatic rings. The SMILES string of the molecule is CCCCCCOc1cc(C=NNC(N)=S)ccc1F. The van der Waals surface area contributed by atoms with Gasteiger partial charge in [0.25, 0.3) is 0 Å². The molecule has 0 atom stereocenters. The fourth-order valence-corrected chi connectivity index (χ4v) is 1.64.